The molecule has 1 aromatic heterocycles. The molecule has 0 aliphatic carbocycles. The van der Waals surface area contributed by atoms with Crippen molar-refractivity contribution in [1.29, 1.82) is 0 Å². The minimum atomic E-state index is -0.360. The standard InChI is InChI=1S/C18H23N3O4/c1-3-23-15-8-4-6-13-10-16(25-17(13)15)12(2)20-21-18(22)19-11-14-7-5-9-24-14/h4,6,8,10,14H,3,5,7,9,11H2,1-2H3,(H2,19,21,22)/b20-12+. The molecule has 1 atom stereocenters. The minimum absolute atomic E-state index is 0.100. The number of urea groups is 1. The van der Waals surface area contributed by atoms with Crippen LogP contribution in [0.25, 0.3) is 11.0 Å². The molecule has 1 saturated heterocycles. The first-order valence-electron chi connectivity index (χ1n) is 8.53. The molecule has 134 valence electrons. The number of hydrogen-bond donors (Lipinski definition) is 2. The first kappa shape index (κ1) is 17.3. The molecule has 0 saturated carbocycles. The average Bonchev–Trinajstić information content (AvgIpc) is 3.28. The molecule has 2 aromatic rings. The van der Waals surface area contributed by atoms with Crippen molar-refractivity contribution in [1.82, 2.24) is 10.7 Å². The third kappa shape index (κ3) is 4.30. The fourth-order valence-corrected chi connectivity index (χ4v) is 2.72. The van der Waals surface area contributed by atoms with Crippen LogP contribution in [0.3, 0.4) is 0 Å². The molecule has 1 aliphatic rings. The van der Waals surface area contributed by atoms with Crippen LogP contribution in [-0.2, 0) is 4.74 Å². The topological polar surface area (TPSA) is 85.1 Å². The van der Waals surface area contributed by atoms with E-state index in [2.05, 4.69) is 15.8 Å². The Morgan fingerprint density at radius 1 is 1.44 bits per heavy atom. The second kappa shape index (κ2) is 8.02. The third-order valence-corrected chi connectivity index (χ3v) is 4.00. The SMILES string of the molecule is CCOc1cccc2cc(/C(C)=N/NC(=O)NCC3CCCO3)oc12. The summed E-state index contributed by atoms with van der Waals surface area (Å²) in [6.45, 7) is 5.52. The maximum Gasteiger partial charge on any atom is 0.335 e. The van der Waals surface area contributed by atoms with Crippen molar-refractivity contribution in [3.63, 3.8) is 0 Å². The van der Waals surface area contributed by atoms with Crippen molar-refractivity contribution in [2.75, 3.05) is 19.8 Å². The summed E-state index contributed by atoms with van der Waals surface area (Å²) in [5.74, 6) is 1.28. The molecule has 1 fully saturated rings. The van der Waals surface area contributed by atoms with Gasteiger partial charge in [-0.15, -0.1) is 0 Å². The Bertz CT molecular complexity index is 763. The van der Waals surface area contributed by atoms with Crippen molar-refractivity contribution in [2.24, 2.45) is 5.10 Å². The van der Waals surface area contributed by atoms with E-state index in [1.54, 1.807) is 6.92 Å². The Morgan fingerprint density at radius 2 is 2.32 bits per heavy atom. The minimum Gasteiger partial charge on any atom is -0.490 e. The van der Waals surface area contributed by atoms with E-state index in [-0.39, 0.29) is 12.1 Å². The Labute approximate surface area is 146 Å². The number of rotatable bonds is 6. The highest BCUT2D eigenvalue weighted by Crippen LogP contribution is 2.29. The number of furan rings is 1. The molecule has 7 heteroatoms. The van der Waals surface area contributed by atoms with Crippen molar-refractivity contribution in [3.05, 3.63) is 30.0 Å². The number of para-hydroxylation sites is 1. The van der Waals surface area contributed by atoms with E-state index in [9.17, 15) is 4.79 Å². The van der Waals surface area contributed by atoms with Crippen LogP contribution < -0.4 is 15.5 Å². The van der Waals surface area contributed by atoms with Crippen LogP contribution in [0.15, 0.2) is 33.8 Å². The predicted molar refractivity (Wildman–Crippen MR) is 95.1 cm³/mol. The fourth-order valence-electron chi connectivity index (χ4n) is 2.72. The van der Waals surface area contributed by atoms with E-state index in [0.717, 1.165) is 24.8 Å². The highest BCUT2D eigenvalue weighted by molar-refractivity contribution is 6.00. The summed E-state index contributed by atoms with van der Waals surface area (Å²) in [6.07, 6.45) is 2.12. The van der Waals surface area contributed by atoms with Crippen LogP contribution in [0.1, 0.15) is 32.4 Å². The number of hydrazone groups is 1. The van der Waals surface area contributed by atoms with Gasteiger partial charge in [-0.2, -0.15) is 5.10 Å². The Kier molecular flexibility index (Phi) is 5.55. The monoisotopic (exact) mass is 345 g/mol. The number of carbonyl (C=O) groups is 1. The van der Waals surface area contributed by atoms with Gasteiger partial charge in [0.05, 0.1) is 12.7 Å². The van der Waals surface area contributed by atoms with E-state index in [1.165, 1.54) is 0 Å². The highest BCUT2D eigenvalue weighted by atomic mass is 16.5. The average molecular weight is 345 g/mol. The number of hydrogen-bond acceptors (Lipinski definition) is 5. The van der Waals surface area contributed by atoms with Gasteiger partial charge in [0.25, 0.3) is 0 Å². The molecule has 1 aromatic carbocycles. The second-order valence-corrected chi connectivity index (χ2v) is 5.87. The van der Waals surface area contributed by atoms with E-state index in [4.69, 9.17) is 13.9 Å². The Morgan fingerprint density at radius 3 is 3.08 bits per heavy atom. The largest absolute Gasteiger partial charge is 0.490 e. The molecular formula is C18H23N3O4. The first-order valence-corrected chi connectivity index (χ1v) is 8.53. The summed E-state index contributed by atoms with van der Waals surface area (Å²) in [7, 11) is 0. The lowest BCUT2D eigenvalue weighted by Crippen LogP contribution is -2.37. The van der Waals surface area contributed by atoms with Gasteiger partial charge >= 0.3 is 6.03 Å². The lowest BCUT2D eigenvalue weighted by atomic mass is 10.2. The van der Waals surface area contributed by atoms with Crippen LogP contribution in [0, 0.1) is 0 Å². The fraction of sp³-hybridized carbons (Fsp3) is 0.444. The Balaban J connectivity index is 1.62. The van der Waals surface area contributed by atoms with Crippen LogP contribution in [0.2, 0.25) is 0 Å². The van der Waals surface area contributed by atoms with Crippen molar-refractivity contribution in [2.45, 2.75) is 32.8 Å². The zero-order chi connectivity index (χ0) is 17.6. The summed E-state index contributed by atoms with van der Waals surface area (Å²) in [5.41, 5.74) is 3.73. The molecule has 0 radical (unpaired) electrons. The van der Waals surface area contributed by atoms with Gasteiger partial charge in [0.15, 0.2) is 17.1 Å². The molecule has 0 spiro atoms. The van der Waals surface area contributed by atoms with Gasteiger partial charge in [-0.1, -0.05) is 12.1 Å². The number of benzene rings is 1. The smallest absolute Gasteiger partial charge is 0.335 e. The number of nitrogens with one attached hydrogen (secondary N) is 2. The Hall–Kier alpha value is -2.54. The summed E-state index contributed by atoms with van der Waals surface area (Å²) in [6, 6.07) is 7.24. The number of nitrogens with zero attached hydrogens (tertiary/aromatic N) is 1. The van der Waals surface area contributed by atoms with E-state index < -0.39 is 0 Å². The van der Waals surface area contributed by atoms with Crippen LogP contribution >= 0.6 is 0 Å². The lowest BCUT2D eigenvalue weighted by molar-refractivity contribution is 0.111. The summed E-state index contributed by atoms with van der Waals surface area (Å²) in [4.78, 5) is 11.8. The molecule has 1 aliphatic heterocycles. The quantitative estimate of drug-likeness (QED) is 0.622. The maximum atomic E-state index is 11.8. The molecule has 2 heterocycles. The molecule has 3 rings (SSSR count). The van der Waals surface area contributed by atoms with Gasteiger partial charge in [-0.25, -0.2) is 10.2 Å². The van der Waals surface area contributed by atoms with Crippen molar-refractivity contribution < 1.29 is 18.7 Å². The van der Waals surface area contributed by atoms with E-state index in [1.807, 2.05) is 31.2 Å². The molecule has 2 N–H and O–H groups in total. The van der Waals surface area contributed by atoms with Crippen LogP contribution in [-0.4, -0.2) is 37.6 Å². The highest BCUT2D eigenvalue weighted by Gasteiger charge is 2.16. The number of amides is 2. The van der Waals surface area contributed by atoms with Gasteiger partial charge in [0, 0.05) is 18.5 Å². The van der Waals surface area contributed by atoms with Crippen LogP contribution in [0.5, 0.6) is 5.75 Å². The third-order valence-electron chi connectivity index (χ3n) is 4.00. The van der Waals surface area contributed by atoms with Gasteiger partial charge in [-0.05, 0) is 38.8 Å². The first-order chi connectivity index (χ1) is 12.2. The summed E-state index contributed by atoms with van der Waals surface area (Å²) >= 11 is 0. The zero-order valence-electron chi connectivity index (χ0n) is 14.5. The van der Waals surface area contributed by atoms with E-state index >= 15 is 0 Å². The molecule has 25 heavy (non-hydrogen) atoms. The molecule has 2 amide bonds. The van der Waals surface area contributed by atoms with Gasteiger partial charge in [-0.3, -0.25) is 0 Å². The number of fused-ring (bicyclic) bond motifs is 1. The van der Waals surface area contributed by atoms with Gasteiger partial charge in [0.2, 0.25) is 0 Å². The van der Waals surface area contributed by atoms with Crippen molar-refractivity contribution >= 4 is 22.7 Å². The lowest BCUT2D eigenvalue weighted by Gasteiger charge is -2.10. The van der Waals surface area contributed by atoms with Crippen molar-refractivity contribution in [3.8, 4) is 5.75 Å². The van der Waals surface area contributed by atoms with Gasteiger partial charge < -0.3 is 19.2 Å². The number of carbonyl (C=O) groups excluding carboxylic acids is 1. The maximum absolute atomic E-state index is 11.8. The van der Waals surface area contributed by atoms with E-state index in [0.29, 0.717) is 36.0 Å². The second-order valence-electron chi connectivity index (χ2n) is 5.87. The normalized spacial score (nSPS) is 17.7. The molecular weight excluding hydrogens is 322 g/mol. The zero-order valence-corrected chi connectivity index (χ0v) is 14.5. The molecule has 0 bridgehead atoms. The van der Waals surface area contributed by atoms with Gasteiger partial charge in [0.1, 0.15) is 5.71 Å². The summed E-state index contributed by atoms with van der Waals surface area (Å²) < 4.78 is 16.9. The predicted octanol–water partition coefficient (Wildman–Crippen LogP) is 3.03. The molecule has 7 nitrogen and oxygen atoms in total. The van der Waals surface area contributed by atoms with Crippen LogP contribution in [0.4, 0.5) is 4.79 Å². The summed E-state index contributed by atoms with van der Waals surface area (Å²) in [5, 5.41) is 7.77. The number of ether oxygens (including phenoxy) is 2. The molecule has 1 unspecified atom stereocenters.